The molecule has 0 radical (unpaired) electrons. The van der Waals surface area contributed by atoms with Gasteiger partial charge in [-0.25, -0.2) is 9.98 Å². The zero-order valence-corrected chi connectivity index (χ0v) is 13.5. The van der Waals surface area contributed by atoms with Crippen LogP contribution in [0.15, 0.2) is 17.1 Å². The first kappa shape index (κ1) is 20.7. The van der Waals surface area contributed by atoms with Gasteiger partial charge in [0, 0.05) is 13.2 Å². The average Bonchev–Trinajstić information content (AvgIpc) is 2.96. The largest absolute Gasteiger partial charge is 0.547 e. The van der Waals surface area contributed by atoms with E-state index in [0.29, 0.717) is 19.8 Å². The number of hydrogen-bond acceptors (Lipinski definition) is 9. The molecule has 25 heavy (non-hydrogen) atoms. The van der Waals surface area contributed by atoms with Crippen molar-refractivity contribution in [2.45, 2.75) is 19.9 Å². The van der Waals surface area contributed by atoms with Crippen molar-refractivity contribution in [2.75, 3.05) is 40.1 Å². The second-order valence-electron chi connectivity index (χ2n) is 5.24. The molecular weight excluding hydrogens is 332 g/mol. The molecule has 0 fully saturated rings. The van der Waals surface area contributed by atoms with Gasteiger partial charge in [-0.1, -0.05) is 7.43 Å². The summed E-state index contributed by atoms with van der Waals surface area (Å²) in [5.41, 5.74) is -1.49. The molecule has 140 valence electrons. The van der Waals surface area contributed by atoms with E-state index in [1.165, 1.54) is 19.1 Å². The van der Waals surface area contributed by atoms with Crippen LogP contribution in [0.2, 0.25) is 0 Å². The van der Waals surface area contributed by atoms with Gasteiger partial charge in [-0.3, -0.25) is 0 Å². The number of hydrogen-bond donors (Lipinski definition) is 1. The van der Waals surface area contributed by atoms with Gasteiger partial charge in [-0.15, -0.1) is 0 Å². The highest BCUT2D eigenvalue weighted by atomic mass is 16.5. The van der Waals surface area contributed by atoms with Crippen molar-refractivity contribution in [3.63, 3.8) is 0 Å². The van der Waals surface area contributed by atoms with Crippen LogP contribution in [0.3, 0.4) is 0 Å². The van der Waals surface area contributed by atoms with Gasteiger partial charge in [0.05, 0.1) is 25.8 Å². The number of methoxy groups -OCH3 is 1. The second kappa shape index (κ2) is 9.19. The first-order valence-corrected chi connectivity index (χ1v) is 7.30. The van der Waals surface area contributed by atoms with Gasteiger partial charge in [0.25, 0.3) is 0 Å². The lowest BCUT2D eigenvalue weighted by Gasteiger charge is -2.18. The van der Waals surface area contributed by atoms with Crippen LogP contribution >= 0.6 is 0 Å². The molecule has 9 heteroatoms. The van der Waals surface area contributed by atoms with E-state index in [-0.39, 0.29) is 43.9 Å². The highest BCUT2D eigenvalue weighted by Gasteiger charge is 2.35. The Morgan fingerprint density at radius 2 is 2.08 bits per heavy atom. The molecule has 1 aromatic rings. The Labute approximate surface area is 146 Å². The second-order valence-corrected chi connectivity index (χ2v) is 5.24. The first-order chi connectivity index (χ1) is 11.5. The normalized spacial score (nSPS) is 18.9. The van der Waals surface area contributed by atoms with Crippen LogP contribution in [0, 0.1) is 0 Å². The number of aromatic hydroxyl groups is 1. The maximum Gasteiger partial charge on any atom is 0.240 e. The van der Waals surface area contributed by atoms with Gasteiger partial charge in [0.15, 0.2) is 5.69 Å². The lowest BCUT2D eigenvalue weighted by molar-refractivity contribution is -0.312. The third-order valence-electron chi connectivity index (χ3n) is 3.24. The predicted octanol–water partition coefficient (Wildman–Crippen LogP) is -0.249. The van der Waals surface area contributed by atoms with Gasteiger partial charge in [0.1, 0.15) is 24.5 Å². The number of carbonyl (C=O) groups is 1. The highest BCUT2D eigenvalue weighted by molar-refractivity contribution is 5.98. The molecule has 2 rings (SSSR count). The lowest BCUT2D eigenvalue weighted by atomic mass is 10.1. The van der Waals surface area contributed by atoms with E-state index >= 15 is 0 Å². The zero-order chi connectivity index (χ0) is 17.6. The number of aliphatic carboxylic acids is 1. The summed E-state index contributed by atoms with van der Waals surface area (Å²) in [6.07, 6.45) is 0. The number of pyridine rings is 1. The molecule has 1 N–H and O–H groups in total. The Bertz CT molecular complexity index is 621. The van der Waals surface area contributed by atoms with Crippen molar-refractivity contribution >= 4 is 11.9 Å². The minimum atomic E-state index is -1.50. The number of aliphatic imine (C=N–C) groups is 1. The van der Waals surface area contributed by atoms with E-state index in [9.17, 15) is 15.0 Å². The molecule has 0 amide bonds. The molecule has 2 heterocycles. The summed E-state index contributed by atoms with van der Waals surface area (Å²) in [5.74, 6) is -1.40. The van der Waals surface area contributed by atoms with Crippen LogP contribution in [-0.2, 0) is 19.0 Å². The summed E-state index contributed by atoms with van der Waals surface area (Å²) in [6.45, 7) is 2.73. The number of carboxylic acids is 1. The molecule has 1 atom stereocenters. The molecule has 1 aliphatic rings. The van der Waals surface area contributed by atoms with Gasteiger partial charge >= 0.3 is 0 Å². The maximum absolute atomic E-state index is 11.1. The molecule has 1 aromatic heterocycles. The zero-order valence-electron chi connectivity index (χ0n) is 13.5. The van der Waals surface area contributed by atoms with Crippen LogP contribution in [0.1, 0.15) is 20.0 Å². The number of ether oxygens (including phenoxy) is 4. The Hall–Kier alpha value is -2.39. The monoisotopic (exact) mass is 355 g/mol. The fourth-order valence-corrected chi connectivity index (χ4v) is 1.84. The van der Waals surface area contributed by atoms with E-state index < -0.39 is 11.5 Å². The molecule has 0 saturated heterocycles. The fourth-order valence-electron chi connectivity index (χ4n) is 1.84. The SMILES string of the molecule is C.COCCOCCOc1ccc(O)c(C2=N[C@@](C)(C(=O)[O-])CO2)n1. The Morgan fingerprint density at radius 1 is 1.36 bits per heavy atom. The van der Waals surface area contributed by atoms with Crippen molar-refractivity contribution in [3.05, 3.63) is 17.8 Å². The smallest absolute Gasteiger partial charge is 0.240 e. The van der Waals surface area contributed by atoms with E-state index in [4.69, 9.17) is 18.9 Å². The van der Waals surface area contributed by atoms with E-state index in [0.717, 1.165) is 0 Å². The topological polar surface area (TPSA) is 123 Å². The number of carboxylic acid groups (broad SMARTS) is 1. The van der Waals surface area contributed by atoms with E-state index in [1.54, 1.807) is 7.11 Å². The van der Waals surface area contributed by atoms with Crippen molar-refractivity contribution in [1.82, 2.24) is 4.98 Å². The predicted molar refractivity (Wildman–Crippen MR) is 86.7 cm³/mol. The molecule has 0 aliphatic carbocycles. The Kier molecular flexibility index (Phi) is 7.59. The molecular formula is C16H23N2O7-. The Balaban J connectivity index is 0.00000312. The third kappa shape index (κ3) is 5.30. The Morgan fingerprint density at radius 3 is 2.72 bits per heavy atom. The van der Waals surface area contributed by atoms with Crippen LogP contribution in [0.5, 0.6) is 11.6 Å². The molecule has 9 nitrogen and oxygen atoms in total. The van der Waals surface area contributed by atoms with Crippen molar-refractivity contribution in [2.24, 2.45) is 4.99 Å². The van der Waals surface area contributed by atoms with Gasteiger partial charge in [-0.2, -0.15) is 0 Å². The highest BCUT2D eigenvalue weighted by Crippen LogP contribution is 2.26. The van der Waals surface area contributed by atoms with E-state index in [1.807, 2.05) is 0 Å². The number of aromatic nitrogens is 1. The van der Waals surface area contributed by atoms with E-state index in [2.05, 4.69) is 9.98 Å². The van der Waals surface area contributed by atoms with Gasteiger partial charge in [-0.05, 0) is 13.0 Å². The lowest BCUT2D eigenvalue weighted by Crippen LogP contribution is -2.45. The third-order valence-corrected chi connectivity index (χ3v) is 3.24. The van der Waals surface area contributed by atoms with Crippen LogP contribution in [0.25, 0.3) is 0 Å². The van der Waals surface area contributed by atoms with Gasteiger partial charge in [0.2, 0.25) is 11.8 Å². The molecule has 0 aromatic carbocycles. The summed E-state index contributed by atoms with van der Waals surface area (Å²) in [6, 6.07) is 2.84. The van der Waals surface area contributed by atoms with Gasteiger partial charge < -0.3 is 34.0 Å². The summed E-state index contributed by atoms with van der Waals surface area (Å²) < 4.78 is 20.8. The fraction of sp³-hybridized carbons (Fsp3) is 0.562. The number of rotatable bonds is 9. The molecule has 1 aliphatic heterocycles. The van der Waals surface area contributed by atoms with Crippen LogP contribution in [-0.4, -0.2) is 67.6 Å². The molecule has 0 bridgehead atoms. The van der Waals surface area contributed by atoms with Crippen LogP contribution < -0.4 is 9.84 Å². The quantitative estimate of drug-likeness (QED) is 0.602. The molecule has 0 unspecified atom stereocenters. The van der Waals surface area contributed by atoms with Crippen molar-refractivity contribution < 1.29 is 34.0 Å². The summed E-state index contributed by atoms with van der Waals surface area (Å²) in [7, 11) is 1.58. The summed E-state index contributed by atoms with van der Waals surface area (Å²) in [5, 5.41) is 21.0. The van der Waals surface area contributed by atoms with Crippen molar-refractivity contribution in [1.29, 1.82) is 0 Å². The summed E-state index contributed by atoms with van der Waals surface area (Å²) >= 11 is 0. The molecule has 0 spiro atoms. The average molecular weight is 355 g/mol. The maximum atomic E-state index is 11.1. The van der Waals surface area contributed by atoms with Crippen LogP contribution in [0.4, 0.5) is 0 Å². The number of nitrogens with zero attached hydrogens (tertiary/aromatic N) is 2. The summed E-state index contributed by atoms with van der Waals surface area (Å²) in [4.78, 5) is 19.1. The minimum Gasteiger partial charge on any atom is -0.547 e. The standard InChI is InChI=1S/C15H20N2O7.CH4/c1-15(14(19)20)9-24-13(17-15)12-10(18)3-4-11(16-12)23-8-7-22-6-5-21-2;/h3-4,18H,5-9H2,1-2H3,(H,19,20);1H4/p-1/t15-;/m1./s1. The number of carbonyl (C=O) groups excluding carboxylic acids is 1. The minimum absolute atomic E-state index is 0. The first-order valence-electron chi connectivity index (χ1n) is 7.30. The molecule has 0 saturated carbocycles. The van der Waals surface area contributed by atoms with Crippen molar-refractivity contribution in [3.8, 4) is 11.6 Å².